The van der Waals surface area contributed by atoms with E-state index in [2.05, 4.69) is 4.98 Å². The molecule has 1 atom stereocenters. The lowest BCUT2D eigenvalue weighted by Gasteiger charge is -2.16. The van der Waals surface area contributed by atoms with Crippen LogP contribution in [0.4, 0.5) is 0 Å². The Morgan fingerprint density at radius 3 is 2.69 bits per heavy atom. The van der Waals surface area contributed by atoms with Crippen molar-refractivity contribution in [2.24, 2.45) is 5.92 Å². The highest BCUT2D eigenvalue weighted by molar-refractivity contribution is 5.32. The van der Waals surface area contributed by atoms with Crippen molar-refractivity contribution in [2.45, 2.75) is 20.0 Å². The number of aliphatic hydroxyl groups is 1. The van der Waals surface area contributed by atoms with E-state index in [1.165, 1.54) is 0 Å². The van der Waals surface area contributed by atoms with Crippen LogP contribution >= 0.6 is 0 Å². The molecule has 3 heteroatoms. The first-order valence-corrected chi connectivity index (χ1v) is 4.32. The normalized spacial score (nSPS) is 13.0. The number of rotatable bonds is 3. The van der Waals surface area contributed by atoms with Crippen LogP contribution in [0.3, 0.4) is 0 Å². The van der Waals surface area contributed by atoms with Crippen molar-refractivity contribution in [2.75, 3.05) is 7.11 Å². The number of hydrogen-bond donors (Lipinski definition) is 1. The van der Waals surface area contributed by atoms with Gasteiger partial charge in [0.25, 0.3) is 0 Å². The van der Waals surface area contributed by atoms with E-state index in [1.54, 1.807) is 25.6 Å². The van der Waals surface area contributed by atoms with Crippen molar-refractivity contribution in [3.63, 3.8) is 0 Å². The molecule has 0 aliphatic rings. The van der Waals surface area contributed by atoms with Gasteiger partial charge in [0, 0.05) is 18.0 Å². The molecule has 0 bridgehead atoms. The van der Waals surface area contributed by atoms with Gasteiger partial charge in [0.1, 0.15) is 5.75 Å². The summed E-state index contributed by atoms with van der Waals surface area (Å²) < 4.78 is 5.12. The summed E-state index contributed by atoms with van der Waals surface area (Å²) in [6.07, 6.45) is 2.78. The molecule has 3 nitrogen and oxygen atoms in total. The Morgan fingerprint density at radius 1 is 1.46 bits per heavy atom. The van der Waals surface area contributed by atoms with E-state index in [9.17, 15) is 5.11 Å². The predicted octanol–water partition coefficient (Wildman–Crippen LogP) is 1.78. The summed E-state index contributed by atoms with van der Waals surface area (Å²) in [4.78, 5) is 3.96. The molecule has 0 saturated carbocycles. The van der Waals surface area contributed by atoms with Crippen LogP contribution in [0, 0.1) is 5.92 Å². The molecule has 1 heterocycles. The molecule has 72 valence electrons. The summed E-state index contributed by atoms with van der Waals surface area (Å²) in [7, 11) is 1.59. The number of pyridine rings is 1. The minimum Gasteiger partial charge on any atom is -0.496 e. The predicted molar refractivity (Wildman–Crippen MR) is 50.6 cm³/mol. The molecule has 0 aromatic carbocycles. The van der Waals surface area contributed by atoms with Crippen molar-refractivity contribution in [3.8, 4) is 5.75 Å². The Labute approximate surface area is 78.4 Å². The third kappa shape index (κ3) is 2.18. The minimum absolute atomic E-state index is 0.165. The van der Waals surface area contributed by atoms with Crippen LogP contribution in [0.1, 0.15) is 25.5 Å². The highest BCUT2D eigenvalue weighted by Gasteiger charge is 2.16. The summed E-state index contributed by atoms with van der Waals surface area (Å²) in [6, 6.07) is 1.75. The summed E-state index contributed by atoms with van der Waals surface area (Å²) in [6.45, 7) is 3.91. The van der Waals surface area contributed by atoms with Crippen LogP contribution in [-0.4, -0.2) is 17.2 Å². The van der Waals surface area contributed by atoms with Gasteiger partial charge in [-0.3, -0.25) is 4.98 Å². The number of ether oxygens (including phenoxy) is 1. The molecule has 1 aromatic heterocycles. The Bertz CT molecular complexity index is 273. The van der Waals surface area contributed by atoms with Crippen LogP contribution in [0.25, 0.3) is 0 Å². The molecule has 0 unspecified atom stereocenters. The van der Waals surface area contributed by atoms with E-state index < -0.39 is 6.10 Å². The molecule has 0 saturated heterocycles. The monoisotopic (exact) mass is 181 g/mol. The Balaban J connectivity index is 2.98. The van der Waals surface area contributed by atoms with Gasteiger partial charge < -0.3 is 9.84 Å². The van der Waals surface area contributed by atoms with Gasteiger partial charge in [-0.25, -0.2) is 0 Å². The number of nitrogens with zero attached hydrogens (tertiary/aromatic N) is 1. The van der Waals surface area contributed by atoms with Crippen LogP contribution in [0.5, 0.6) is 5.75 Å². The van der Waals surface area contributed by atoms with Crippen molar-refractivity contribution < 1.29 is 9.84 Å². The molecule has 1 rings (SSSR count). The lowest BCUT2D eigenvalue weighted by atomic mass is 10.0. The van der Waals surface area contributed by atoms with Gasteiger partial charge in [-0.2, -0.15) is 0 Å². The molecule has 13 heavy (non-hydrogen) atoms. The molecule has 1 aromatic rings. The summed E-state index contributed by atoms with van der Waals surface area (Å²) in [5, 5.41) is 9.79. The molecule has 0 spiro atoms. The van der Waals surface area contributed by atoms with Gasteiger partial charge in [0.05, 0.1) is 13.2 Å². The largest absolute Gasteiger partial charge is 0.496 e. The van der Waals surface area contributed by atoms with E-state index in [1.807, 2.05) is 13.8 Å². The summed E-state index contributed by atoms with van der Waals surface area (Å²) in [5.41, 5.74) is 0.750. The summed E-state index contributed by atoms with van der Waals surface area (Å²) in [5.74, 6) is 0.856. The van der Waals surface area contributed by atoms with Crippen LogP contribution in [0.15, 0.2) is 18.5 Å². The van der Waals surface area contributed by atoms with Gasteiger partial charge in [-0.05, 0) is 12.0 Å². The third-order valence-electron chi connectivity index (χ3n) is 1.98. The lowest BCUT2D eigenvalue weighted by molar-refractivity contribution is 0.123. The summed E-state index contributed by atoms with van der Waals surface area (Å²) >= 11 is 0. The Morgan fingerprint density at radius 2 is 2.15 bits per heavy atom. The average molecular weight is 181 g/mol. The molecular formula is C10H15NO2. The molecule has 0 radical (unpaired) electrons. The highest BCUT2D eigenvalue weighted by Crippen LogP contribution is 2.28. The van der Waals surface area contributed by atoms with Crippen LogP contribution in [0.2, 0.25) is 0 Å². The smallest absolute Gasteiger partial charge is 0.127 e. The second kappa shape index (κ2) is 4.23. The van der Waals surface area contributed by atoms with E-state index in [0.717, 1.165) is 5.56 Å². The molecule has 0 amide bonds. The Kier molecular flexibility index (Phi) is 3.25. The van der Waals surface area contributed by atoms with E-state index >= 15 is 0 Å². The molecule has 0 aliphatic heterocycles. The van der Waals surface area contributed by atoms with Crippen molar-refractivity contribution in [3.05, 3.63) is 24.0 Å². The number of aromatic nitrogens is 1. The topological polar surface area (TPSA) is 42.4 Å². The van der Waals surface area contributed by atoms with Crippen molar-refractivity contribution >= 4 is 0 Å². The quantitative estimate of drug-likeness (QED) is 0.772. The number of hydrogen-bond acceptors (Lipinski definition) is 3. The van der Waals surface area contributed by atoms with Crippen LogP contribution < -0.4 is 4.74 Å². The first kappa shape index (κ1) is 9.99. The minimum atomic E-state index is -0.511. The first-order valence-electron chi connectivity index (χ1n) is 4.32. The molecule has 0 fully saturated rings. The fourth-order valence-electron chi connectivity index (χ4n) is 1.16. The highest BCUT2D eigenvalue weighted by atomic mass is 16.5. The van der Waals surface area contributed by atoms with Gasteiger partial charge in [-0.15, -0.1) is 0 Å². The van der Waals surface area contributed by atoms with Crippen LogP contribution in [-0.2, 0) is 0 Å². The second-order valence-electron chi connectivity index (χ2n) is 3.31. The maximum absolute atomic E-state index is 9.79. The fraction of sp³-hybridized carbons (Fsp3) is 0.500. The van der Waals surface area contributed by atoms with Gasteiger partial charge in [0.2, 0.25) is 0 Å². The standard InChI is InChI=1S/C10H15NO2/c1-7(2)10(12)8-6-11-5-4-9(8)13-3/h4-7,10,12H,1-3H3/t10-/m1/s1. The zero-order valence-electron chi connectivity index (χ0n) is 8.19. The zero-order chi connectivity index (χ0) is 9.84. The van der Waals surface area contributed by atoms with Gasteiger partial charge in [-0.1, -0.05) is 13.8 Å². The average Bonchev–Trinajstić information content (AvgIpc) is 2.16. The molecule has 1 N–H and O–H groups in total. The molecule has 0 aliphatic carbocycles. The maximum Gasteiger partial charge on any atom is 0.127 e. The lowest BCUT2D eigenvalue weighted by Crippen LogP contribution is -2.07. The fourth-order valence-corrected chi connectivity index (χ4v) is 1.16. The van der Waals surface area contributed by atoms with Gasteiger partial charge in [0.15, 0.2) is 0 Å². The second-order valence-corrected chi connectivity index (χ2v) is 3.31. The molecular weight excluding hydrogens is 166 g/mol. The Hall–Kier alpha value is -1.09. The maximum atomic E-state index is 9.79. The van der Waals surface area contributed by atoms with E-state index in [4.69, 9.17) is 4.74 Å². The van der Waals surface area contributed by atoms with E-state index in [0.29, 0.717) is 5.75 Å². The zero-order valence-corrected chi connectivity index (χ0v) is 8.19. The van der Waals surface area contributed by atoms with E-state index in [-0.39, 0.29) is 5.92 Å². The first-order chi connectivity index (χ1) is 6.16. The SMILES string of the molecule is COc1ccncc1[C@H](O)C(C)C. The third-order valence-corrected chi connectivity index (χ3v) is 1.98. The number of aliphatic hydroxyl groups excluding tert-OH is 1. The van der Waals surface area contributed by atoms with Gasteiger partial charge >= 0.3 is 0 Å². The number of methoxy groups -OCH3 is 1. The van der Waals surface area contributed by atoms with Crippen molar-refractivity contribution in [1.82, 2.24) is 4.98 Å². The van der Waals surface area contributed by atoms with Crippen molar-refractivity contribution in [1.29, 1.82) is 0 Å².